The van der Waals surface area contributed by atoms with E-state index in [0.717, 1.165) is 11.1 Å². The van der Waals surface area contributed by atoms with Crippen molar-refractivity contribution in [1.29, 1.82) is 0 Å². The van der Waals surface area contributed by atoms with Gasteiger partial charge in [-0.15, -0.1) is 10.2 Å². The van der Waals surface area contributed by atoms with Crippen LogP contribution in [0.15, 0.2) is 54.9 Å². The molecule has 0 fully saturated rings. The third-order valence-corrected chi connectivity index (χ3v) is 4.98. The van der Waals surface area contributed by atoms with Gasteiger partial charge in [0.05, 0.1) is 0 Å². The van der Waals surface area contributed by atoms with Gasteiger partial charge in [-0.3, -0.25) is 4.79 Å². The number of rotatable bonds is 5. The minimum Gasteiger partial charge on any atom is -0.350 e. The highest BCUT2D eigenvalue weighted by Gasteiger charge is 2.15. The van der Waals surface area contributed by atoms with E-state index in [9.17, 15) is 4.79 Å². The first-order valence-corrected chi connectivity index (χ1v) is 9.83. The highest BCUT2D eigenvalue weighted by Crippen LogP contribution is 2.29. The minimum absolute atomic E-state index is 0.236. The summed E-state index contributed by atoms with van der Waals surface area (Å²) >= 11 is 18.2. The second-order valence-corrected chi connectivity index (χ2v) is 7.64. The first-order valence-electron chi connectivity index (χ1n) is 8.70. The Bertz CT molecular complexity index is 1170. The number of hydrogen-bond acceptors (Lipinski definition) is 4. The summed E-state index contributed by atoms with van der Waals surface area (Å²) in [5.74, 6) is -0.302. The maximum absolute atomic E-state index is 12.7. The van der Waals surface area contributed by atoms with Crippen molar-refractivity contribution in [1.82, 2.24) is 25.1 Å². The topological polar surface area (TPSA) is 72.2 Å². The van der Waals surface area contributed by atoms with Crippen LogP contribution in [0.25, 0.3) is 16.8 Å². The van der Waals surface area contributed by atoms with Gasteiger partial charge in [0, 0.05) is 27.2 Å². The predicted molar refractivity (Wildman–Crippen MR) is 114 cm³/mol. The van der Waals surface area contributed by atoms with Crippen LogP contribution in [0, 0.1) is 0 Å². The van der Waals surface area contributed by atoms with Gasteiger partial charge in [-0.1, -0.05) is 46.9 Å². The normalized spacial score (nSPS) is 11.0. The van der Waals surface area contributed by atoms with Crippen molar-refractivity contribution in [3.8, 4) is 11.1 Å². The summed E-state index contributed by atoms with van der Waals surface area (Å²) in [6.45, 7) is 0.459. The van der Waals surface area contributed by atoms with E-state index in [1.807, 2.05) is 24.3 Å². The van der Waals surface area contributed by atoms with Gasteiger partial charge in [-0.05, 0) is 53.9 Å². The molecular formula is C20H14Cl3N5O. The van der Waals surface area contributed by atoms with Crippen molar-refractivity contribution in [2.75, 3.05) is 6.54 Å². The lowest BCUT2D eigenvalue weighted by molar-refractivity contribution is 0.0948. The quantitative estimate of drug-likeness (QED) is 0.481. The Kier molecular flexibility index (Phi) is 5.67. The molecule has 0 aliphatic heterocycles. The van der Waals surface area contributed by atoms with E-state index >= 15 is 0 Å². The second kappa shape index (κ2) is 8.37. The average molecular weight is 447 g/mol. The molecule has 0 aliphatic carbocycles. The highest BCUT2D eigenvalue weighted by atomic mass is 35.5. The molecule has 146 valence electrons. The summed E-state index contributed by atoms with van der Waals surface area (Å²) in [6, 6.07) is 14.3. The Morgan fingerprint density at radius 2 is 1.69 bits per heavy atom. The molecule has 0 unspecified atom stereocenters. The van der Waals surface area contributed by atoms with E-state index in [1.165, 1.54) is 10.8 Å². The van der Waals surface area contributed by atoms with Crippen molar-refractivity contribution in [3.05, 3.63) is 81.2 Å². The van der Waals surface area contributed by atoms with E-state index in [4.69, 9.17) is 34.8 Å². The second-order valence-electron chi connectivity index (χ2n) is 6.33. The first-order chi connectivity index (χ1) is 14.0. The van der Waals surface area contributed by atoms with Crippen LogP contribution >= 0.6 is 34.8 Å². The van der Waals surface area contributed by atoms with Crippen LogP contribution in [0.3, 0.4) is 0 Å². The van der Waals surface area contributed by atoms with Crippen molar-refractivity contribution >= 4 is 46.4 Å². The largest absolute Gasteiger partial charge is 0.350 e. The van der Waals surface area contributed by atoms with Crippen LogP contribution < -0.4 is 5.32 Å². The maximum atomic E-state index is 12.7. The zero-order valence-electron chi connectivity index (χ0n) is 14.9. The Morgan fingerprint density at radius 1 is 0.966 bits per heavy atom. The van der Waals surface area contributed by atoms with Gasteiger partial charge >= 0.3 is 0 Å². The molecule has 2 aromatic carbocycles. The average Bonchev–Trinajstić information content (AvgIpc) is 3.16. The van der Waals surface area contributed by atoms with Gasteiger partial charge in [0.1, 0.15) is 12.0 Å². The number of benzene rings is 2. The van der Waals surface area contributed by atoms with Crippen molar-refractivity contribution in [2.45, 2.75) is 6.42 Å². The van der Waals surface area contributed by atoms with Gasteiger partial charge in [-0.25, -0.2) is 0 Å². The van der Waals surface area contributed by atoms with Crippen molar-refractivity contribution in [2.24, 2.45) is 0 Å². The molecular weight excluding hydrogens is 433 g/mol. The molecule has 2 aromatic heterocycles. The molecule has 9 heteroatoms. The van der Waals surface area contributed by atoms with Crippen LogP contribution in [-0.2, 0) is 6.42 Å². The van der Waals surface area contributed by atoms with Crippen LogP contribution in [0.4, 0.5) is 0 Å². The number of hydrogen-bond donors (Lipinski definition) is 1. The summed E-state index contributed by atoms with van der Waals surface area (Å²) in [5.41, 5.74) is 3.19. The number of carbonyl (C=O) groups is 1. The number of carbonyl (C=O) groups excluding carboxylic acids is 1. The Morgan fingerprint density at radius 3 is 2.41 bits per heavy atom. The summed E-state index contributed by atoms with van der Waals surface area (Å²) < 4.78 is 1.46. The lowest BCUT2D eigenvalue weighted by atomic mass is 10.1. The van der Waals surface area contributed by atoms with Gasteiger partial charge in [0.25, 0.3) is 5.91 Å². The van der Waals surface area contributed by atoms with Crippen LogP contribution in [-0.4, -0.2) is 32.3 Å². The van der Waals surface area contributed by atoms with Gasteiger partial charge in [-0.2, -0.15) is 9.61 Å². The molecule has 29 heavy (non-hydrogen) atoms. The fourth-order valence-electron chi connectivity index (χ4n) is 2.92. The monoisotopic (exact) mass is 445 g/mol. The minimum atomic E-state index is -0.302. The van der Waals surface area contributed by atoms with E-state index in [2.05, 4.69) is 20.6 Å². The Labute approximate surface area is 181 Å². The van der Waals surface area contributed by atoms with Crippen molar-refractivity contribution in [3.63, 3.8) is 0 Å². The van der Waals surface area contributed by atoms with Crippen LogP contribution in [0.5, 0.6) is 0 Å². The molecule has 6 nitrogen and oxygen atoms in total. The molecule has 0 radical (unpaired) electrons. The molecule has 0 saturated heterocycles. The molecule has 2 heterocycles. The summed E-state index contributed by atoms with van der Waals surface area (Å²) in [5, 5.41) is 16.8. The van der Waals surface area contributed by atoms with Crippen LogP contribution in [0.2, 0.25) is 15.1 Å². The summed E-state index contributed by atoms with van der Waals surface area (Å²) in [6.07, 6.45) is 2.12. The third kappa shape index (κ3) is 4.50. The van der Waals surface area contributed by atoms with E-state index in [0.29, 0.717) is 39.2 Å². The van der Waals surface area contributed by atoms with E-state index < -0.39 is 0 Å². The fourth-order valence-corrected chi connectivity index (χ4v) is 3.57. The number of halogens is 3. The Hall–Kier alpha value is -2.67. The summed E-state index contributed by atoms with van der Waals surface area (Å²) in [7, 11) is 0. The summed E-state index contributed by atoms with van der Waals surface area (Å²) in [4.78, 5) is 12.7. The molecule has 1 amide bonds. The molecule has 0 atom stereocenters. The van der Waals surface area contributed by atoms with Gasteiger partial charge < -0.3 is 5.32 Å². The van der Waals surface area contributed by atoms with E-state index in [-0.39, 0.29) is 11.6 Å². The predicted octanol–water partition coefficient (Wildman–Crippen LogP) is 4.72. The third-order valence-electron chi connectivity index (χ3n) is 4.29. The van der Waals surface area contributed by atoms with Crippen LogP contribution in [0.1, 0.15) is 16.1 Å². The molecule has 4 rings (SSSR count). The molecule has 0 saturated carbocycles. The number of amides is 1. The zero-order chi connectivity index (χ0) is 20.4. The SMILES string of the molecule is O=C(NCCc1ccc(Cl)cc1)c1cc(-c2cc(Cl)cc(Cl)c2)c2nncn2n1. The van der Waals surface area contributed by atoms with Gasteiger partial charge in [0.15, 0.2) is 5.65 Å². The highest BCUT2D eigenvalue weighted by molar-refractivity contribution is 6.35. The smallest absolute Gasteiger partial charge is 0.271 e. The van der Waals surface area contributed by atoms with Gasteiger partial charge in [0.2, 0.25) is 0 Å². The maximum Gasteiger partial charge on any atom is 0.271 e. The molecule has 1 N–H and O–H groups in total. The zero-order valence-corrected chi connectivity index (χ0v) is 17.2. The van der Waals surface area contributed by atoms with Crippen molar-refractivity contribution < 1.29 is 4.79 Å². The standard InChI is InChI=1S/C20H14Cl3N5O/c21-14-3-1-12(2-4-14)5-6-24-20(29)18-10-17(19-26-25-11-28(19)27-18)13-7-15(22)9-16(23)8-13/h1-4,7-11H,5-6H2,(H,24,29). The number of nitrogens with one attached hydrogen (secondary N) is 1. The molecule has 0 bridgehead atoms. The Balaban J connectivity index is 1.58. The molecule has 0 aliphatic rings. The fraction of sp³-hybridized carbons (Fsp3) is 0.100. The molecule has 0 spiro atoms. The number of fused-ring (bicyclic) bond motifs is 1. The lowest BCUT2D eigenvalue weighted by Gasteiger charge is -2.09. The number of aromatic nitrogens is 4. The number of nitrogens with zero attached hydrogens (tertiary/aromatic N) is 4. The molecule has 4 aromatic rings. The van der Waals surface area contributed by atoms with E-state index in [1.54, 1.807) is 24.3 Å². The lowest BCUT2D eigenvalue weighted by Crippen LogP contribution is -2.27. The first kappa shape index (κ1) is 19.6.